The Labute approximate surface area is 56.3 Å². The fraction of sp³-hybridized carbons (Fsp3) is 0.714. The molecule has 0 saturated carbocycles. The van der Waals surface area contributed by atoms with Crippen LogP contribution in [0.3, 0.4) is 0 Å². The molecule has 1 aliphatic heterocycles. The molecular weight excluding hydrogens is 112 g/mol. The van der Waals surface area contributed by atoms with Crippen LogP contribution in [0.25, 0.3) is 0 Å². The first-order valence-corrected chi connectivity index (χ1v) is 3.44. The first-order chi connectivity index (χ1) is 4.34. The van der Waals surface area contributed by atoms with Gasteiger partial charge >= 0.3 is 0 Å². The Hall–Kier alpha value is -0.500. The molecular formula is C7H14N2. The molecule has 1 fully saturated rings. The van der Waals surface area contributed by atoms with E-state index >= 15 is 0 Å². The lowest BCUT2D eigenvalue weighted by atomic mass is 10.2. The van der Waals surface area contributed by atoms with Crippen LogP contribution in [0, 0.1) is 0 Å². The first kappa shape index (κ1) is 6.62. The van der Waals surface area contributed by atoms with Gasteiger partial charge in [0.25, 0.3) is 0 Å². The molecule has 0 aromatic heterocycles. The van der Waals surface area contributed by atoms with E-state index in [1.54, 1.807) is 0 Å². The molecule has 2 heteroatoms. The Morgan fingerprint density at radius 1 is 1.78 bits per heavy atom. The lowest BCUT2D eigenvalue weighted by molar-refractivity contribution is 0.650. The molecule has 0 spiro atoms. The Balaban J connectivity index is 2.32. The van der Waals surface area contributed by atoms with Crippen molar-refractivity contribution in [3.63, 3.8) is 0 Å². The van der Waals surface area contributed by atoms with Crippen LogP contribution in [0.1, 0.15) is 12.8 Å². The zero-order chi connectivity index (χ0) is 6.69. The van der Waals surface area contributed by atoms with Crippen LogP contribution in [0.2, 0.25) is 0 Å². The third-order valence-electron chi connectivity index (χ3n) is 1.80. The van der Waals surface area contributed by atoms with Gasteiger partial charge in [-0.1, -0.05) is 6.58 Å². The number of nitrogens with one attached hydrogen (secondary N) is 2. The fourth-order valence-corrected chi connectivity index (χ4v) is 1.16. The van der Waals surface area contributed by atoms with Crippen molar-refractivity contribution >= 4 is 0 Å². The molecule has 0 aromatic carbocycles. The average molecular weight is 126 g/mol. The summed E-state index contributed by atoms with van der Waals surface area (Å²) in [6.45, 7) is 5.03. The first-order valence-electron chi connectivity index (χ1n) is 3.44. The molecule has 0 unspecified atom stereocenters. The van der Waals surface area contributed by atoms with E-state index in [1.807, 2.05) is 7.05 Å². The zero-order valence-corrected chi connectivity index (χ0v) is 5.91. The molecule has 0 amide bonds. The second-order valence-electron chi connectivity index (χ2n) is 2.42. The summed E-state index contributed by atoms with van der Waals surface area (Å²) < 4.78 is 0. The summed E-state index contributed by atoms with van der Waals surface area (Å²) in [7, 11) is 1.92. The van der Waals surface area contributed by atoms with Crippen LogP contribution in [-0.2, 0) is 0 Å². The molecule has 1 saturated heterocycles. The maximum absolute atomic E-state index is 3.88. The van der Waals surface area contributed by atoms with E-state index in [-0.39, 0.29) is 0 Å². The number of likely N-dealkylation sites (N-methyl/N-ethyl adjacent to an activating group) is 1. The normalized spacial score (nSPS) is 26.1. The SMILES string of the molecule is C=C(NC)[C@@H]1CCCN1. The van der Waals surface area contributed by atoms with Crippen LogP contribution in [0.15, 0.2) is 12.3 Å². The van der Waals surface area contributed by atoms with Crippen molar-refractivity contribution in [3.05, 3.63) is 12.3 Å². The number of hydrogen-bond donors (Lipinski definition) is 2. The van der Waals surface area contributed by atoms with Gasteiger partial charge in [-0.15, -0.1) is 0 Å². The second kappa shape index (κ2) is 2.87. The Bertz CT molecular complexity index is 103. The number of rotatable bonds is 2. The van der Waals surface area contributed by atoms with Gasteiger partial charge in [-0.3, -0.25) is 0 Å². The van der Waals surface area contributed by atoms with E-state index in [0.29, 0.717) is 6.04 Å². The van der Waals surface area contributed by atoms with Crippen molar-refractivity contribution < 1.29 is 0 Å². The highest BCUT2D eigenvalue weighted by molar-refractivity contribution is 5.04. The van der Waals surface area contributed by atoms with Crippen molar-refractivity contribution in [1.29, 1.82) is 0 Å². The molecule has 0 radical (unpaired) electrons. The Morgan fingerprint density at radius 3 is 3.00 bits per heavy atom. The van der Waals surface area contributed by atoms with Crippen LogP contribution >= 0.6 is 0 Å². The molecule has 1 atom stereocenters. The van der Waals surface area contributed by atoms with Gasteiger partial charge in [-0.2, -0.15) is 0 Å². The van der Waals surface area contributed by atoms with Gasteiger partial charge < -0.3 is 10.6 Å². The molecule has 9 heavy (non-hydrogen) atoms. The summed E-state index contributed by atoms with van der Waals surface area (Å²) in [5, 5.41) is 6.40. The molecule has 0 aromatic rings. The molecule has 1 aliphatic rings. The van der Waals surface area contributed by atoms with E-state index < -0.39 is 0 Å². The maximum Gasteiger partial charge on any atom is 0.0463 e. The molecule has 2 N–H and O–H groups in total. The summed E-state index contributed by atoms with van der Waals surface area (Å²) >= 11 is 0. The maximum atomic E-state index is 3.88. The third-order valence-corrected chi connectivity index (χ3v) is 1.80. The molecule has 2 nitrogen and oxygen atoms in total. The van der Waals surface area contributed by atoms with E-state index in [9.17, 15) is 0 Å². The van der Waals surface area contributed by atoms with Crippen molar-refractivity contribution in [2.24, 2.45) is 0 Å². The minimum Gasteiger partial charge on any atom is -0.391 e. The van der Waals surface area contributed by atoms with Crippen molar-refractivity contribution in [2.45, 2.75) is 18.9 Å². The average Bonchev–Trinajstić information content (AvgIpc) is 2.37. The van der Waals surface area contributed by atoms with Crippen molar-refractivity contribution in [2.75, 3.05) is 13.6 Å². The van der Waals surface area contributed by atoms with E-state index in [2.05, 4.69) is 17.2 Å². The third kappa shape index (κ3) is 1.45. The predicted octanol–water partition coefficient (Wildman–Crippen LogP) is 0.471. The smallest absolute Gasteiger partial charge is 0.0463 e. The standard InChI is InChI=1S/C7H14N2/c1-6(8-2)7-4-3-5-9-7/h7-9H,1,3-5H2,2H3/t7-/m0/s1. The quantitative estimate of drug-likeness (QED) is 0.562. The second-order valence-corrected chi connectivity index (χ2v) is 2.42. The van der Waals surface area contributed by atoms with Crippen LogP contribution in [0.5, 0.6) is 0 Å². The van der Waals surface area contributed by atoms with Gasteiger partial charge in [0.15, 0.2) is 0 Å². The summed E-state index contributed by atoms with van der Waals surface area (Å²) in [6, 6.07) is 0.523. The highest BCUT2D eigenvalue weighted by Gasteiger charge is 2.15. The monoisotopic (exact) mass is 126 g/mol. The summed E-state index contributed by atoms with van der Waals surface area (Å²) in [6.07, 6.45) is 2.52. The highest BCUT2D eigenvalue weighted by Crippen LogP contribution is 2.09. The van der Waals surface area contributed by atoms with Crippen LogP contribution in [0.4, 0.5) is 0 Å². The van der Waals surface area contributed by atoms with Gasteiger partial charge in [0.2, 0.25) is 0 Å². The van der Waals surface area contributed by atoms with E-state index in [0.717, 1.165) is 12.2 Å². The minimum absolute atomic E-state index is 0.523. The van der Waals surface area contributed by atoms with Gasteiger partial charge in [0.1, 0.15) is 0 Å². The topological polar surface area (TPSA) is 24.1 Å². The zero-order valence-electron chi connectivity index (χ0n) is 5.91. The predicted molar refractivity (Wildman–Crippen MR) is 39.2 cm³/mol. The van der Waals surface area contributed by atoms with Gasteiger partial charge in [0, 0.05) is 18.8 Å². The van der Waals surface area contributed by atoms with E-state index in [4.69, 9.17) is 0 Å². The lowest BCUT2D eigenvalue weighted by Crippen LogP contribution is -2.28. The Kier molecular flexibility index (Phi) is 2.11. The molecule has 1 heterocycles. The fourth-order valence-electron chi connectivity index (χ4n) is 1.16. The van der Waals surface area contributed by atoms with Crippen molar-refractivity contribution in [1.82, 2.24) is 10.6 Å². The van der Waals surface area contributed by atoms with Gasteiger partial charge in [-0.25, -0.2) is 0 Å². The highest BCUT2D eigenvalue weighted by atomic mass is 15.0. The summed E-state index contributed by atoms with van der Waals surface area (Å²) in [5.74, 6) is 0. The molecule has 52 valence electrons. The molecule has 0 aliphatic carbocycles. The molecule has 1 rings (SSSR count). The Morgan fingerprint density at radius 2 is 2.56 bits per heavy atom. The van der Waals surface area contributed by atoms with Gasteiger partial charge in [0.05, 0.1) is 0 Å². The number of hydrogen-bond acceptors (Lipinski definition) is 2. The van der Waals surface area contributed by atoms with Crippen LogP contribution in [-0.4, -0.2) is 19.6 Å². The van der Waals surface area contributed by atoms with Gasteiger partial charge in [-0.05, 0) is 19.4 Å². The van der Waals surface area contributed by atoms with E-state index in [1.165, 1.54) is 12.8 Å². The summed E-state index contributed by atoms with van der Waals surface area (Å²) in [4.78, 5) is 0. The summed E-state index contributed by atoms with van der Waals surface area (Å²) in [5.41, 5.74) is 1.12. The largest absolute Gasteiger partial charge is 0.391 e. The van der Waals surface area contributed by atoms with Crippen molar-refractivity contribution in [3.8, 4) is 0 Å². The van der Waals surface area contributed by atoms with Crippen LogP contribution < -0.4 is 10.6 Å². The lowest BCUT2D eigenvalue weighted by Gasteiger charge is -2.11. The minimum atomic E-state index is 0.523. The molecule has 0 bridgehead atoms.